The molecule has 4 saturated carbocycles. The number of allylic oxidation sites excluding steroid dienone is 3. The maximum atomic E-state index is 12.2. The maximum Gasteiger partial charge on any atom is 0.302 e. The van der Waals surface area contributed by atoms with Crippen molar-refractivity contribution in [2.45, 2.75) is 111 Å². The van der Waals surface area contributed by atoms with Crippen LogP contribution in [0.1, 0.15) is 93.4 Å². The SMILES string of the molecule is CC(=O)O[C@H]1CC2CC2(C(C)/C=C2\CCC[C@]3(C)C([C@H](C)/C=C/[C@H](C)C(C)(C)O)CC[C@@H]23)C1OS(C)(=O)=O. The second kappa shape index (κ2) is 10.3. The fourth-order valence-corrected chi connectivity index (χ4v) is 9.26. The Balaban J connectivity index is 1.54. The molecule has 7 heteroatoms. The van der Waals surface area contributed by atoms with E-state index < -0.39 is 27.9 Å². The second-order valence-electron chi connectivity index (χ2n) is 13.9. The van der Waals surface area contributed by atoms with Gasteiger partial charge in [0.25, 0.3) is 10.1 Å². The monoisotopic (exact) mass is 550 g/mol. The normalized spacial score (nSPS) is 40.6. The first-order chi connectivity index (χ1) is 17.5. The van der Waals surface area contributed by atoms with Gasteiger partial charge in [0, 0.05) is 18.3 Å². The minimum atomic E-state index is -3.68. The lowest BCUT2D eigenvalue weighted by atomic mass is 9.60. The molecule has 0 aromatic carbocycles. The fraction of sp³-hybridized carbons (Fsp3) is 0.839. The summed E-state index contributed by atoms with van der Waals surface area (Å²) in [7, 11) is -3.68. The molecule has 0 bridgehead atoms. The molecule has 0 aliphatic heterocycles. The summed E-state index contributed by atoms with van der Waals surface area (Å²) in [5.74, 6) is 1.78. The van der Waals surface area contributed by atoms with Crippen molar-refractivity contribution in [2.24, 2.45) is 46.3 Å². The van der Waals surface area contributed by atoms with E-state index in [9.17, 15) is 18.3 Å². The van der Waals surface area contributed by atoms with E-state index >= 15 is 0 Å². The highest BCUT2D eigenvalue weighted by molar-refractivity contribution is 7.86. The van der Waals surface area contributed by atoms with Crippen LogP contribution in [0.25, 0.3) is 0 Å². The number of ether oxygens (including phenoxy) is 1. The lowest BCUT2D eigenvalue weighted by molar-refractivity contribution is -0.151. The first-order valence-electron chi connectivity index (χ1n) is 14.7. The Morgan fingerprint density at radius 3 is 2.47 bits per heavy atom. The molecule has 4 fully saturated rings. The molecule has 216 valence electrons. The number of hydrogen-bond donors (Lipinski definition) is 1. The zero-order valence-corrected chi connectivity index (χ0v) is 25.5. The van der Waals surface area contributed by atoms with Crippen LogP contribution >= 0.6 is 0 Å². The summed E-state index contributed by atoms with van der Waals surface area (Å²) >= 11 is 0. The van der Waals surface area contributed by atoms with Crippen molar-refractivity contribution in [1.82, 2.24) is 0 Å². The molecule has 0 radical (unpaired) electrons. The van der Waals surface area contributed by atoms with Crippen LogP contribution in [-0.4, -0.2) is 43.6 Å². The molecule has 0 aromatic rings. The Bertz CT molecular complexity index is 1070. The summed E-state index contributed by atoms with van der Waals surface area (Å²) in [5, 5.41) is 10.4. The quantitative estimate of drug-likeness (QED) is 0.213. The van der Waals surface area contributed by atoms with Gasteiger partial charge in [0.05, 0.1) is 11.9 Å². The zero-order chi connectivity index (χ0) is 28.3. The van der Waals surface area contributed by atoms with Gasteiger partial charge in [0.1, 0.15) is 12.2 Å². The van der Waals surface area contributed by atoms with Crippen molar-refractivity contribution in [1.29, 1.82) is 0 Å². The summed E-state index contributed by atoms with van der Waals surface area (Å²) in [6.07, 6.45) is 14.4. The van der Waals surface area contributed by atoms with Gasteiger partial charge in [0.2, 0.25) is 0 Å². The van der Waals surface area contributed by atoms with E-state index in [-0.39, 0.29) is 28.6 Å². The summed E-state index contributed by atoms with van der Waals surface area (Å²) in [5.41, 5.74) is 0.766. The molecule has 38 heavy (non-hydrogen) atoms. The number of fused-ring (bicyclic) bond motifs is 2. The molecule has 10 atom stereocenters. The van der Waals surface area contributed by atoms with Crippen LogP contribution in [0, 0.1) is 46.3 Å². The third-order valence-electron chi connectivity index (χ3n) is 11.0. The van der Waals surface area contributed by atoms with Crippen molar-refractivity contribution in [2.75, 3.05) is 6.26 Å². The molecule has 4 aliphatic carbocycles. The average molecular weight is 551 g/mol. The van der Waals surface area contributed by atoms with E-state index in [1.54, 1.807) is 0 Å². The molecule has 0 heterocycles. The van der Waals surface area contributed by atoms with Gasteiger partial charge in [-0.3, -0.25) is 8.98 Å². The molecule has 0 amide bonds. The minimum absolute atomic E-state index is 0.104. The predicted octanol–water partition coefficient (Wildman–Crippen LogP) is 6.05. The number of carbonyl (C=O) groups excluding carboxylic acids is 1. The highest BCUT2D eigenvalue weighted by Gasteiger charge is 2.70. The molecule has 6 nitrogen and oxygen atoms in total. The first kappa shape index (κ1) is 29.8. The zero-order valence-electron chi connectivity index (χ0n) is 24.7. The molecule has 4 aliphatic rings. The highest BCUT2D eigenvalue weighted by atomic mass is 32.2. The van der Waals surface area contributed by atoms with Gasteiger partial charge in [-0.1, -0.05) is 51.5 Å². The van der Waals surface area contributed by atoms with E-state index in [4.69, 9.17) is 8.92 Å². The van der Waals surface area contributed by atoms with Gasteiger partial charge in [-0.2, -0.15) is 8.42 Å². The predicted molar refractivity (Wildman–Crippen MR) is 150 cm³/mol. The van der Waals surface area contributed by atoms with E-state index in [2.05, 4.69) is 45.9 Å². The lowest BCUT2D eigenvalue weighted by Crippen LogP contribution is -2.40. The van der Waals surface area contributed by atoms with Crippen LogP contribution in [0.2, 0.25) is 0 Å². The van der Waals surface area contributed by atoms with Gasteiger partial charge in [-0.15, -0.1) is 0 Å². The van der Waals surface area contributed by atoms with Gasteiger partial charge in [-0.05, 0) is 93.8 Å². The summed E-state index contributed by atoms with van der Waals surface area (Å²) in [4.78, 5) is 11.7. The molecular weight excluding hydrogens is 500 g/mol. The average Bonchev–Trinajstić information content (AvgIpc) is 3.28. The third kappa shape index (κ3) is 5.67. The van der Waals surface area contributed by atoms with Gasteiger partial charge >= 0.3 is 5.97 Å². The molecule has 5 unspecified atom stereocenters. The van der Waals surface area contributed by atoms with Crippen LogP contribution in [0.5, 0.6) is 0 Å². The molecule has 0 aromatic heterocycles. The van der Waals surface area contributed by atoms with Gasteiger partial charge in [0.15, 0.2) is 0 Å². The fourth-order valence-electron chi connectivity index (χ4n) is 8.58. The van der Waals surface area contributed by atoms with Crippen LogP contribution in [0.4, 0.5) is 0 Å². The number of rotatable bonds is 9. The largest absolute Gasteiger partial charge is 0.460 e. The van der Waals surface area contributed by atoms with Gasteiger partial charge in [-0.25, -0.2) is 0 Å². The standard InChI is InChI=1S/C31H50O6S/c1-19(11-12-20(2)29(5,6)33)25-13-14-26-23(10-9-15-30(25,26)7)16-21(3)31-18-24(31)17-27(36-22(4)32)28(31)37-38(8,34)35/h11-12,16,19-21,24-28,33H,9-10,13-15,17-18H2,1-8H3/b12-11+,23-16+/t19-,20+,21?,24?,25?,26+,27+,28?,30-,31?/m1/s1. The first-order valence-corrected chi connectivity index (χ1v) is 16.5. The summed E-state index contributed by atoms with van der Waals surface area (Å²) < 4.78 is 35.6. The summed E-state index contributed by atoms with van der Waals surface area (Å²) in [6.45, 7) is 14.2. The van der Waals surface area contributed by atoms with Crippen molar-refractivity contribution in [3.63, 3.8) is 0 Å². The Morgan fingerprint density at radius 2 is 1.87 bits per heavy atom. The third-order valence-corrected chi connectivity index (χ3v) is 11.5. The Kier molecular flexibility index (Phi) is 8.10. The molecule has 1 N–H and O–H groups in total. The minimum Gasteiger partial charge on any atom is -0.460 e. The maximum absolute atomic E-state index is 12.2. The van der Waals surface area contributed by atoms with Crippen LogP contribution < -0.4 is 0 Å². The van der Waals surface area contributed by atoms with Gasteiger partial charge < -0.3 is 9.84 Å². The van der Waals surface area contributed by atoms with E-state index in [0.29, 0.717) is 30.1 Å². The van der Waals surface area contributed by atoms with E-state index in [0.717, 1.165) is 19.1 Å². The number of hydrogen-bond acceptors (Lipinski definition) is 6. The van der Waals surface area contributed by atoms with Crippen LogP contribution in [0.3, 0.4) is 0 Å². The molecule has 0 spiro atoms. The Labute approximate surface area is 230 Å². The molecule has 4 rings (SSSR count). The van der Waals surface area contributed by atoms with E-state index in [1.807, 2.05) is 13.8 Å². The number of esters is 1. The Hall–Kier alpha value is -1.18. The van der Waals surface area contributed by atoms with Crippen LogP contribution in [-0.2, 0) is 23.8 Å². The van der Waals surface area contributed by atoms with Crippen LogP contribution in [0.15, 0.2) is 23.8 Å². The summed E-state index contributed by atoms with van der Waals surface area (Å²) in [6, 6.07) is 0. The molecular formula is C31H50O6S. The smallest absolute Gasteiger partial charge is 0.302 e. The topological polar surface area (TPSA) is 89.9 Å². The Morgan fingerprint density at radius 1 is 1.18 bits per heavy atom. The number of carbonyl (C=O) groups is 1. The number of aliphatic hydroxyl groups is 1. The highest BCUT2D eigenvalue weighted by Crippen LogP contribution is 2.70. The van der Waals surface area contributed by atoms with E-state index in [1.165, 1.54) is 38.2 Å². The van der Waals surface area contributed by atoms with Crippen molar-refractivity contribution < 1.29 is 27.2 Å². The second-order valence-corrected chi connectivity index (χ2v) is 15.5. The molecule has 0 saturated heterocycles. The van der Waals surface area contributed by atoms with Crippen molar-refractivity contribution >= 4 is 16.1 Å². The van der Waals surface area contributed by atoms with Crippen molar-refractivity contribution in [3.05, 3.63) is 23.8 Å². The van der Waals surface area contributed by atoms with Crippen molar-refractivity contribution in [3.8, 4) is 0 Å². The lowest BCUT2D eigenvalue weighted by Gasteiger charge is -2.44.